The highest BCUT2D eigenvalue weighted by atomic mass is 35.5. The number of aromatic hydroxyl groups is 1. The van der Waals surface area contributed by atoms with Gasteiger partial charge in [-0.3, -0.25) is 9.59 Å². The number of rotatable bonds is 6. The van der Waals surface area contributed by atoms with Crippen LogP contribution in [0.25, 0.3) is 0 Å². The largest absolute Gasteiger partial charge is 0.507 e. The van der Waals surface area contributed by atoms with Crippen molar-refractivity contribution in [2.45, 2.75) is 31.5 Å². The maximum atomic E-state index is 14.6. The second kappa shape index (κ2) is 9.21. The summed E-state index contributed by atoms with van der Waals surface area (Å²) in [6.07, 6.45) is 0.686. The summed E-state index contributed by atoms with van der Waals surface area (Å²) >= 11 is 6.12. The summed E-state index contributed by atoms with van der Waals surface area (Å²) in [5.41, 5.74) is 7.64. The fourth-order valence-corrected chi connectivity index (χ4v) is 4.68. The van der Waals surface area contributed by atoms with E-state index in [1.807, 2.05) is 0 Å². The lowest BCUT2D eigenvalue weighted by Crippen LogP contribution is -2.43. The molecule has 0 bridgehead atoms. The van der Waals surface area contributed by atoms with E-state index in [1.165, 1.54) is 23.1 Å². The predicted molar refractivity (Wildman–Crippen MR) is 121 cm³/mol. The lowest BCUT2D eigenvalue weighted by Gasteiger charge is -2.36. The highest BCUT2D eigenvalue weighted by Crippen LogP contribution is 2.43. The van der Waals surface area contributed by atoms with Gasteiger partial charge in [-0.25, -0.2) is 4.39 Å². The van der Waals surface area contributed by atoms with Gasteiger partial charge in [-0.05, 0) is 59.4 Å². The Morgan fingerprint density at radius 3 is 2.61 bits per heavy atom. The van der Waals surface area contributed by atoms with Crippen molar-refractivity contribution in [3.05, 3.63) is 99.3 Å². The lowest BCUT2D eigenvalue weighted by atomic mass is 9.96. The quantitative estimate of drug-likeness (QED) is 0.508. The van der Waals surface area contributed by atoms with Crippen molar-refractivity contribution in [2.24, 2.45) is 5.73 Å². The van der Waals surface area contributed by atoms with Crippen molar-refractivity contribution < 1.29 is 24.2 Å². The number of amides is 2. The van der Waals surface area contributed by atoms with Crippen LogP contribution in [0.4, 0.5) is 4.39 Å². The van der Waals surface area contributed by atoms with Gasteiger partial charge in [0.15, 0.2) is 0 Å². The summed E-state index contributed by atoms with van der Waals surface area (Å²) in [6, 6.07) is 13.4. The Morgan fingerprint density at radius 1 is 1.15 bits per heavy atom. The molecule has 0 unspecified atom stereocenters. The normalized spacial score (nSPS) is 15.7. The van der Waals surface area contributed by atoms with Crippen molar-refractivity contribution >= 4 is 23.4 Å². The molecular formula is C25H22ClFN2O4. The van der Waals surface area contributed by atoms with Gasteiger partial charge in [-0.15, -0.1) is 0 Å². The van der Waals surface area contributed by atoms with Crippen LogP contribution in [-0.2, 0) is 17.8 Å². The zero-order chi connectivity index (χ0) is 23.7. The third-order valence-corrected chi connectivity index (χ3v) is 6.14. The number of hydrogen-bond acceptors (Lipinski definition) is 4. The monoisotopic (exact) mass is 468 g/mol. The topological polar surface area (TPSA) is 104 Å². The zero-order valence-corrected chi connectivity index (χ0v) is 18.3. The second-order valence-electron chi connectivity index (χ2n) is 7.95. The van der Waals surface area contributed by atoms with Crippen LogP contribution in [-0.4, -0.2) is 26.9 Å². The molecule has 8 heteroatoms. The van der Waals surface area contributed by atoms with Gasteiger partial charge in [-0.1, -0.05) is 48.0 Å². The minimum Gasteiger partial charge on any atom is -0.507 e. The van der Waals surface area contributed by atoms with Crippen molar-refractivity contribution in [3.8, 4) is 5.75 Å². The molecule has 3 aromatic rings. The first-order valence-electron chi connectivity index (χ1n) is 10.4. The van der Waals surface area contributed by atoms with Crippen molar-refractivity contribution in [2.75, 3.05) is 0 Å². The van der Waals surface area contributed by atoms with E-state index in [9.17, 15) is 24.2 Å². The smallest absolute Gasteiger partial charge is 0.259 e. The summed E-state index contributed by atoms with van der Waals surface area (Å²) in [6.45, 7) is -0.264. The molecule has 0 aliphatic heterocycles. The maximum Gasteiger partial charge on any atom is 0.259 e. The number of carbonyl (C=O) groups is 2. The number of aliphatic hydroxyl groups excluding tert-OH is 1. The number of aliphatic hydroxyl groups is 1. The van der Waals surface area contributed by atoms with Gasteiger partial charge < -0.3 is 20.8 Å². The van der Waals surface area contributed by atoms with Gasteiger partial charge in [0.25, 0.3) is 5.91 Å². The molecule has 1 aliphatic carbocycles. The molecule has 33 heavy (non-hydrogen) atoms. The summed E-state index contributed by atoms with van der Waals surface area (Å²) in [5, 5.41) is 20.1. The number of hydrogen-bond donors (Lipinski definition) is 3. The fraction of sp³-hybridized carbons (Fsp3) is 0.200. The number of para-hydroxylation sites is 1. The molecule has 0 saturated heterocycles. The number of halogens is 2. The number of fused-ring (bicyclic) bond motifs is 1. The van der Waals surface area contributed by atoms with E-state index in [0.29, 0.717) is 35.1 Å². The number of primary amides is 1. The van der Waals surface area contributed by atoms with E-state index in [0.717, 1.165) is 0 Å². The second-order valence-corrected chi connectivity index (χ2v) is 8.38. The Hall–Kier alpha value is -3.42. The summed E-state index contributed by atoms with van der Waals surface area (Å²) in [5.74, 6) is -2.17. The summed E-state index contributed by atoms with van der Waals surface area (Å²) in [4.78, 5) is 27.8. The number of benzene rings is 3. The number of nitrogens with two attached hydrogens (primary N) is 1. The van der Waals surface area contributed by atoms with Crippen molar-refractivity contribution in [1.82, 2.24) is 4.90 Å². The molecule has 0 fully saturated rings. The molecule has 2 atom stereocenters. The molecule has 170 valence electrons. The van der Waals surface area contributed by atoms with E-state index in [4.69, 9.17) is 17.3 Å². The predicted octanol–water partition coefficient (Wildman–Crippen LogP) is 4.03. The highest BCUT2D eigenvalue weighted by Gasteiger charge is 2.41. The molecule has 2 amide bonds. The zero-order valence-electron chi connectivity index (χ0n) is 17.5. The summed E-state index contributed by atoms with van der Waals surface area (Å²) < 4.78 is 14.6. The molecule has 0 heterocycles. The van der Waals surface area contributed by atoms with Crippen LogP contribution in [0.3, 0.4) is 0 Å². The molecule has 3 aromatic carbocycles. The number of phenolic OH excluding ortho intramolecular Hbond substituents is 1. The van der Waals surface area contributed by atoms with E-state index in [1.54, 1.807) is 42.5 Å². The Kier molecular flexibility index (Phi) is 6.35. The minimum absolute atomic E-state index is 0.0157. The van der Waals surface area contributed by atoms with Crippen LogP contribution >= 0.6 is 11.6 Å². The van der Waals surface area contributed by atoms with Crippen LogP contribution in [0, 0.1) is 5.82 Å². The van der Waals surface area contributed by atoms with Gasteiger partial charge in [0.1, 0.15) is 17.6 Å². The summed E-state index contributed by atoms with van der Waals surface area (Å²) in [7, 11) is 0. The van der Waals surface area contributed by atoms with E-state index < -0.39 is 29.7 Å². The molecule has 4 N–H and O–H groups in total. The lowest BCUT2D eigenvalue weighted by molar-refractivity contribution is -0.123. The molecule has 6 nitrogen and oxygen atoms in total. The number of phenols is 1. The first-order valence-corrected chi connectivity index (χ1v) is 10.8. The first kappa shape index (κ1) is 22.8. The number of carbonyl (C=O) groups excluding carboxylic acids is 2. The van der Waals surface area contributed by atoms with Crippen LogP contribution in [0.15, 0.2) is 60.7 Å². The van der Waals surface area contributed by atoms with Crippen LogP contribution in [0.5, 0.6) is 5.75 Å². The van der Waals surface area contributed by atoms with Gasteiger partial charge in [0.05, 0.1) is 18.2 Å². The Bertz CT molecular complexity index is 1230. The molecule has 0 radical (unpaired) electrons. The molecule has 0 saturated carbocycles. The Balaban J connectivity index is 1.91. The molecule has 1 aliphatic rings. The fourth-order valence-electron chi connectivity index (χ4n) is 4.47. The van der Waals surface area contributed by atoms with Gasteiger partial charge >= 0.3 is 0 Å². The Morgan fingerprint density at radius 2 is 1.91 bits per heavy atom. The van der Waals surface area contributed by atoms with Crippen LogP contribution < -0.4 is 5.73 Å². The maximum absolute atomic E-state index is 14.6. The van der Waals surface area contributed by atoms with E-state index >= 15 is 0 Å². The third-order valence-electron chi connectivity index (χ3n) is 5.92. The molecule has 0 aromatic heterocycles. The van der Waals surface area contributed by atoms with Crippen molar-refractivity contribution in [1.29, 1.82) is 0 Å². The standard InChI is InChI=1S/C25H22ClFN2O4/c26-16-11-19-17(20(27)12-16)8-9-21(19)29(25(33)18-6-1-2-7-22(18)31)23(24(28)32)15-5-3-4-14(10-15)13-30/h1-7,10-12,21,23,30-31H,8-9,13H2,(H2,28,32)/t21-,23-/m1/s1. The van der Waals surface area contributed by atoms with E-state index in [2.05, 4.69) is 0 Å². The first-order chi connectivity index (χ1) is 15.8. The Labute approximate surface area is 195 Å². The molecule has 4 rings (SSSR count). The molecule has 0 spiro atoms. The van der Waals surface area contributed by atoms with Gasteiger partial charge in [-0.2, -0.15) is 0 Å². The number of nitrogens with zero attached hydrogens (tertiary/aromatic N) is 1. The average Bonchev–Trinajstić information content (AvgIpc) is 3.20. The van der Waals surface area contributed by atoms with Gasteiger partial charge in [0, 0.05) is 5.02 Å². The molecular weight excluding hydrogens is 447 g/mol. The third kappa shape index (κ3) is 4.29. The van der Waals surface area contributed by atoms with Gasteiger partial charge in [0.2, 0.25) is 5.91 Å². The SMILES string of the molecule is NC(=O)[C@@H](c1cccc(CO)c1)N(C(=O)c1ccccc1O)[C@@H]1CCc2c(F)cc(Cl)cc21. The highest BCUT2D eigenvalue weighted by molar-refractivity contribution is 6.30. The minimum atomic E-state index is -1.23. The average molecular weight is 469 g/mol. The van der Waals surface area contributed by atoms with Crippen molar-refractivity contribution in [3.63, 3.8) is 0 Å². The van der Waals surface area contributed by atoms with E-state index in [-0.39, 0.29) is 22.9 Å². The van der Waals surface area contributed by atoms with Crippen LogP contribution in [0.1, 0.15) is 51.1 Å². The van der Waals surface area contributed by atoms with Crippen LogP contribution in [0.2, 0.25) is 5.02 Å².